The van der Waals surface area contributed by atoms with Crippen molar-refractivity contribution < 1.29 is 19.2 Å². The number of ether oxygens (including phenoxy) is 1. The number of rotatable bonds is 4. The molecule has 0 saturated carbocycles. The van der Waals surface area contributed by atoms with Crippen LogP contribution in [-0.2, 0) is 4.74 Å². The first-order chi connectivity index (χ1) is 9.60. The summed E-state index contributed by atoms with van der Waals surface area (Å²) in [6, 6.07) is 5.23. The Balaban J connectivity index is 2.68. The molecule has 7 nitrogen and oxygen atoms in total. The summed E-state index contributed by atoms with van der Waals surface area (Å²) in [6.45, 7) is 5.04. The first kappa shape index (κ1) is 16.6. The molecule has 0 spiro atoms. The van der Waals surface area contributed by atoms with Gasteiger partial charge in [-0.1, -0.05) is 0 Å². The molecular weight excluding hydrogens is 276 g/mol. The lowest BCUT2D eigenvalue weighted by Crippen LogP contribution is -2.37. The van der Waals surface area contributed by atoms with E-state index in [2.05, 4.69) is 0 Å². The molecule has 0 saturated heterocycles. The molecule has 7 heteroatoms. The zero-order valence-electron chi connectivity index (χ0n) is 12.5. The molecule has 0 heterocycles. The van der Waals surface area contributed by atoms with Crippen molar-refractivity contribution in [1.29, 1.82) is 0 Å². The summed E-state index contributed by atoms with van der Waals surface area (Å²) in [5.74, 6) is -0.321. The summed E-state index contributed by atoms with van der Waals surface area (Å²) in [6.07, 6.45) is -0.599. The molecule has 0 bridgehead atoms. The van der Waals surface area contributed by atoms with Crippen molar-refractivity contribution in [1.82, 2.24) is 4.90 Å². The SMILES string of the molecule is CN(CC(=O)c1ccc([N+](=O)[O-])cc1)C(=O)OC(C)(C)C. The van der Waals surface area contributed by atoms with Gasteiger partial charge in [-0.05, 0) is 32.9 Å². The van der Waals surface area contributed by atoms with Gasteiger partial charge < -0.3 is 9.64 Å². The molecule has 0 radical (unpaired) electrons. The zero-order valence-corrected chi connectivity index (χ0v) is 12.5. The van der Waals surface area contributed by atoms with Gasteiger partial charge in [0.05, 0.1) is 11.5 Å². The zero-order chi connectivity index (χ0) is 16.2. The molecule has 0 aliphatic rings. The number of nitro benzene ring substituents is 1. The predicted molar refractivity (Wildman–Crippen MR) is 76.3 cm³/mol. The number of amides is 1. The second kappa shape index (κ2) is 6.34. The summed E-state index contributed by atoms with van der Waals surface area (Å²) < 4.78 is 5.13. The van der Waals surface area contributed by atoms with Crippen LogP contribution >= 0.6 is 0 Å². The minimum atomic E-state index is -0.637. The fourth-order valence-corrected chi connectivity index (χ4v) is 1.48. The quantitative estimate of drug-likeness (QED) is 0.483. The van der Waals surface area contributed by atoms with Gasteiger partial charge in [0.1, 0.15) is 5.60 Å². The minimum absolute atomic E-state index is 0.0907. The second-order valence-corrected chi connectivity index (χ2v) is 5.56. The molecule has 0 aliphatic carbocycles. The maximum Gasteiger partial charge on any atom is 0.410 e. The Morgan fingerprint density at radius 2 is 1.76 bits per heavy atom. The maximum atomic E-state index is 12.0. The highest BCUT2D eigenvalue weighted by atomic mass is 16.6. The summed E-state index contributed by atoms with van der Waals surface area (Å²) in [5, 5.41) is 10.5. The normalized spacial score (nSPS) is 10.9. The van der Waals surface area contributed by atoms with Gasteiger partial charge >= 0.3 is 6.09 Å². The van der Waals surface area contributed by atoms with E-state index in [1.165, 1.54) is 31.3 Å². The Morgan fingerprint density at radius 3 is 2.19 bits per heavy atom. The standard InChI is InChI=1S/C14H18N2O5/c1-14(2,3)21-13(18)15(4)9-12(17)10-5-7-11(8-6-10)16(19)20/h5-8H,9H2,1-4H3. The van der Waals surface area contributed by atoms with Crippen molar-refractivity contribution in [3.05, 3.63) is 39.9 Å². The summed E-state index contributed by atoms with van der Waals surface area (Å²) >= 11 is 0. The molecule has 0 unspecified atom stereocenters. The van der Waals surface area contributed by atoms with Crippen LogP contribution in [0, 0.1) is 10.1 Å². The Morgan fingerprint density at radius 1 is 1.24 bits per heavy atom. The van der Waals surface area contributed by atoms with Gasteiger partial charge in [-0.15, -0.1) is 0 Å². The van der Waals surface area contributed by atoms with E-state index >= 15 is 0 Å². The van der Waals surface area contributed by atoms with Crippen LogP contribution in [0.3, 0.4) is 0 Å². The first-order valence-corrected chi connectivity index (χ1v) is 6.32. The van der Waals surface area contributed by atoms with E-state index in [1.54, 1.807) is 20.8 Å². The first-order valence-electron chi connectivity index (χ1n) is 6.32. The van der Waals surface area contributed by atoms with Gasteiger partial charge in [-0.2, -0.15) is 0 Å². The van der Waals surface area contributed by atoms with Crippen molar-refractivity contribution in [3.63, 3.8) is 0 Å². The van der Waals surface area contributed by atoms with Crippen LogP contribution in [0.4, 0.5) is 10.5 Å². The smallest absolute Gasteiger partial charge is 0.410 e. The van der Waals surface area contributed by atoms with E-state index in [0.717, 1.165) is 4.90 Å². The molecule has 0 aliphatic heterocycles. The van der Waals surface area contributed by atoms with Crippen LogP contribution in [0.15, 0.2) is 24.3 Å². The average Bonchev–Trinajstić information content (AvgIpc) is 2.36. The number of ketones is 1. The van der Waals surface area contributed by atoms with Crippen LogP contribution in [-0.4, -0.2) is 40.9 Å². The van der Waals surface area contributed by atoms with Gasteiger partial charge in [0.25, 0.3) is 5.69 Å². The number of nitrogens with zero attached hydrogens (tertiary/aromatic N) is 2. The fourth-order valence-electron chi connectivity index (χ4n) is 1.48. The van der Waals surface area contributed by atoms with Crippen LogP contribution in [0.1, 0.15) is 31.1 Å². The third-order valence-corrected chi connectivity index (χ3v) is 2.49. The molecule has 0 aromatic heterocycles. The number of nitro groups is 1. The van der Waals surface area contributed by atoms with E-state index in [4.69, 9.17) is 4.74 Å². The lowest BCUT2D eigenvalue weighted by molar-refractivity contribution is -0.384. The molecule has 114 valence electrons. The van der Waals surface area contributed by atoms with Crippen molar-refractivity contribution >= 4 is 17.6 Å². The number of Topliss-reactive ketones (excluding diaryl/α,β-unsaturated/α-hetero) is 1. The van der Waals surface area contributed by atoms with Gasteiger partial charge in [0.2, 0.25) is 0 Å². The van der Waals surface area contributed by atoms with Crippen LogP contribution in [0.5, 0.6) is 0 Å². The monoisotopic (exact) mass is 294 g/mol. The Kier molecular flexibility index (Phi) is 5.02. The molecule has 21 heavy (non-hydrogen) atoms. The van der Waals surface area contributed by atoms with Gasteiger partial charge in [-0.3, -0.25) is 14.9 Å². The van der Waals surface area contributed by atoms with Crippen LogP contribution in [0.25, 0.3) is 0 Å². The van der Waals surface area contributed by atoms with Gasteiger partial charge in [0.15, 0.2) is 5.78 Å². The van der Waals surface area contributed by atoms with Crippen molar-refractivity contribution in [2.45, 2.75) is 26.4 Å². The van der Waals surface area contributed by atoms with Crippen molar-refractivity contribution in [2.24, 2.45) is 0 Å². The predicted octanol–water partition coefficient (Wildman–Crippen LogP) is 2.64. The second-order valence-electron chi connectivity index (χ2n) is 5.56. The average molecular weight is 294 g/mol. The molecule has 1 aromatic rings. The largest absolute Gasteiger partial charge is 0.444 e. The summed E-state index contributed by atoms with van der Waals surface area (Å²) in [4.78, 5) is 34.9. The van der Waals surface area contributed by atoms with Crippen LogP contribution in [0.2, 0.25) is 0 Å². The van der Waals surface area contributed by atoms with Gasteiger partial charge in [-0.25, -0.2) is 4.79 Å². The topological polar surface area (TPSA) is 89.8 Å². The highest BCUT2D eigenvalue weighted by molar-refractivity contribution is 5.99. The van der Waals surface area contributed by atoms with Crippen LogP contribution < -0.4 is 0 Å². The number of benzene rings is 1. The molecule has 0 fully saturated rings. The summed E-state index contributed by atoms with van der Waals surface area (Å²) in [7, 11) is 1.46. The van der Waals surface area contributed by atoms with Crippen molar-refractivity contribution in [3.8, 4) is 0 Å². The van der Waals surface area contributed by atoms with E-state index in [0.29, 0.717) is 5.56 Å². The third-order valence-electron chi connectivity index (χ3n) is 2.49. The third kappa shape index (κ3) is 5.21. The molecular formula is C14H18N2O5. The molecule has 1 aromatic carbocycles. The fraction of sp³-hybridized carbons (Fsp3) is 0.429. The number of non-ortho nitro benzene ring substituents is 1. The minimum Gasteiger partial charge on any atom is -0.444 e. The lowest BCUT2D eigenvalue weighted by Gasteiger charge is -2.24. The number of hydrogen-bond donors (Lipinski definition) is 0. The lowest BCUT2D eigenvalue weighted by atomic mass is 10.1. The molecule has 0 N–H and O–H groups in total. The Hall–Kier alpha value is -2.44. The van der Waals surface area contributed by atoms with E-state index < -0.39 is 16.6 Å². The van der Waals surface area contributed by atoms with E-state index in [1.807, 2.05) is 0 Å². The maximum absolute atomic E-state index is 12.0. The van der Waals surface area contributed by atoms with Crippen molar-refractivity contribution in [2.75, 3.05) is 13.6 Å². The molecule has 1 rings (SSSR count). The van der Waals surface area contributed by atoms with E-state index in [-0.39, 0.29) is 18.0 Å². The van der Waals surface area contributed by atoms with E-state index in [9.17, 15) is 19.7 Å². The summed E-state index contributed by atoms with van der Waals surface area (Å²) in [5.41, 5.74) is -0.426. The number of hydrogen-bond acceptors (Lipinski definition) is 5. The Bertz CT molecular complexity index is 545. The Labute approximate surface area is 122 Å². The highest BCUT2D eigenvalue weighted by Gasteiger charge is 2.21. The number of carbonyl (C=O) groups is 2. The molecule has 0 atom stereocenters. The number of likely N-dealkylation sites (N-methyl/N-ethyl adjacent to an activating group) is 1. The number of carbonyl (C=O) groups excluding carboxylic acids is 2. The highest BCUT2D eigenvalue weighted by Crippen LogP contribution is 2.13. The molecule has 1 amide bonds. The van der Waals surface area contributed by atoms with Gasteiger partial charge in [0, 0.05) is 24.7 Å².